The molecule has 2 N–H and O–H groups in total. The number of aromatic nitrogens is 2. The minimum atomic E-state index is -0.825. The SMILES string of the molecule is Cc1nn(C)c(C)c1CC(C)NC(=O)N1CC(C)CC(C(=O)O)C1. The van der Waals surface area contributed by atoms with Crippen LogP contribution in [0.4, 0.5) is 4.79 Å². The van der Waals surface area contributed by atoms with Gasteiger partial charge in [-0.2, -0.15) is 5.10 Å². The quantitative estimate of drug-likeness (QED) is 0.876. The summed E-state index contributed by atoms with van der Waals surface area (Å²) >= 11 is 0. The second-order valence-corrected chi connectivity index (χ2v) is 7.11. The maximum Gasteiger partial charge on any atom is 0.317 e. The van der Waals surface area contributed by atoms with Gasteiger partial charge >= 0.3 is 12.0 Å². The Morgan fingerprint density at radius 2 is 2.04 bits per heavy atom. The molecule has 0 radical (unpaired) electrons. The third kappa shape index (κ3) is 4.07. The van der Waals surface area contributed by atoms with E-state index in [1.165, 1.54) is 0 Å². The number of hydrogen-bond acceptors (Lipinski definition) is 3. The summed E-state index contributed by atoms with van der Waals surface area (Å²) in [6.45, 7) is 8.83. The summed E-state index contributed by atoms with van der Waals surface area (Å²) in [5, 5.41) is 16.6. The topological polar surface area (TPSA) is 87.5 Å². The van der Waals surface area contributed by atoms with Crippen molar-refractivity contribution in [3.05, 3.63) is 17.0 Å². The van der Waals surface area contributed by atoms with Crippen molar-refractivity contribution < 1.29 is 14.7 Å². The van der Waals surface area contributed by atoms with E-state index in [2.05, 4.69) is 10.4 Å². The summed E-state index contributed by atoms with van der Waals surface area (Å²) in [5.41, 5.74) is 3.24. The standard InChI is InChI=1S/C17H28N4O3/c1-10-6-14(16(22)23)9-21(8-10)17(24)18-11(2)7-15-12(3)19-20(5)13(15)4/h10-11,14H,6-9H2,1-5H3,(H,18,24)(H,22,23). The number of nitrogens with zero attached hydrogens (tertiary/aromatic N) is 3. The molecule has 1 aliphatic rings. The molecule has 1 saturated heterocycles. The van der Waals surface area contributed by atoms with E-state index >= 15 is 0 Å². The molecule has 1 fully saturated rings. The van der Waals surface area contributed by atoms with E-state index in [-0.39, 0.29) is 24.5 Å². The molecule has 7 nitrogen and oxygen atoms in total. The van der Waals surface area contributed by atoms with E-state index in [1.54, 1.807) is 4.90 Å². The Morgan fingerprint density at radius 1 is 1.38 bits per heavy atom. The number of carbonyl (C=O) groups is 2. The van der Waals surface area contributed by atoms with Gasteiger partial charge in [-0.1, -0.05) is 6.92 Å². The molecule has 0 saturated carbocycles. The van der Waals surface area contributed by atoms with Gasteiger partial charge in [-0.25, -0.2) is 4.79 Å². The normalized spacial score (nSPS) is 22.3. The van der Waals surface area contributed by atoms with Crippen LogP contribution in [0.15, 0.2) is 0 Å². The lowest BCUT2D eigenvalue weighted by Crippen LogP contribution is -2.51. The minimum Gasteiger partial charge on any atom is -0.481 e. The van der Waals surface area contributed by atoms with E-state index < -0.39 is 11.9 Å². The summed E-state index contributed by atoms with van der Waals surface area (Å²) in [6, 6.07) is -0.223. The Hall–Kier alpha value is -2.05. The molecular weight excluding hydrogens is 308 g/mol. The number of amides is 2. The average molecular weight is 336 g/mol. The Kier molecular flexibility index (Phi) is 5.51. The molecule has 134 valence electrons. The molecule has 3 unspecified atom stereocenters. The first-order valence-electron chi connectivity index (χ1n) is 8.46. The van der Waals surface area contributed by atoms with E-state index in [1.807, 2.05) is 39.4 Å². The molecule has 24 heavy (non-hydrogen) atoms. The highest BCUT2D eigenvalue weighted by Gasteiger charge is 2.32. The van der Waals surface area contributed by atoms with Gasteiger partial charge in [0.1, 0.15) is 0 Å². The fourth-order valence-corrected chi connectivity index (χ4v) is 3.47. The first-order chi connectivity index (χ1) is 11.2. The van der Waals surface area contributed by atoms with Crippen LogP contribution in [0.2, 0.25) is 0 Å². The highest BCUT2D eigenvalue weighted by Crippen LogP contribution is 2.22. The highest BCUT2D eigenvalue weighted by molar-refractivity contribution is 5.76. The van der Waals surface area contributed by atoms with Gasteiger partial charge in [-0.3, -0.25) is 9.48 Å². The first kappa shape index (κ1) is 18.3. The molecule has 0 spiro atoms. The number of hydrogen-bond donors (Lipinski definition) is 2. The summed E-state index contributed by atoms with van der Waals surface area (Å²) in [5.74, 6) is -1.10. The number of piperidine rings is 1. The van der Waals surface area contributed by atoms with Crippen LogP contribution in [0.3, 0.4) is 0 Å². The van der Waals surface area contributed by atoms with Crippen molar-refractivity contribution in [2.45, 2.75) is 46.6 Å². The van der Waals surface area contributed by atoms with Gasteiger partial charge in [-0.15, -0.1) is 0 Å². The van der Waals surface area contributed by atoms with Gasteiger partial charge in [0.2, 0.25) is 0 Å². The Labute approximate surface area is 143 Å². The molecule has 0 bridgehead atoms. The van der Waals surface area contributed by atoms with Crippen LogP contribution < -0.4 is 5.32 Å². The Balaban J connectivity index is 1.97. The molecule has 7 heteroatoms. The van der Waals surface area contributed by atoms with Gasteiger partial charge in [0.05, 0.1) is 11.6 Å². The summed E-state index contributed by atoms with van der Waals surface area (Å²) < 4.78 is 1.85. The van der Waals surface area contributed by atoms with Crippen molar-refractivity contribution in [2.75, 3.05) is 13.1 Å². The van der Waals surface area contributed by atoms with Gasteiger partial charge in [-0.05, 0) is 45.1 Å². The smallest absolute Gasteiger partial charge is 0.317 e. The van der Waals surface area contributed by atoms with Crippen LogP contribution in [0, 0.1) is 25.7 Å². The van der Waals surface area contributed by atoms with Crippen molar-refractivity contribution in [3.63, 3.8) is 0 Å². The van der Waals surface area contributed by atoms with E-state index in [4.69, 9.17) is 0 Å². The monoisotopic (exact) mass is 336 g/mol. The molecule has 0 aromatic carbocycles. The van der Waals surface area contributed by atoms with Gasteiger partial charge in [0.15, 0.2) is 0 Å². The van der Waals surface area contributed by atoms with Crippen LogP contribution in [0.1, 0.15) is 37.2 Å². The number of aryl methyl sites for hydroxylation is 2. The molecule has 1 aliphatic heterocycles. The largest absolute Gasteiger partial charge is 0.481 e. The molecule has 0 aliphatic carbocycles. The van der Waals surface area contributed by atoms with Crippen LogP contribution in [0.5, 0.6) is 0 Å². The van der Waals surface area contributed by atoms with Gasteiger partial charge in [0.25, 0.3) is 0 Å². The molecule has 1 aromatic rings. The zero-order valence-electron chi connectivity index (χ0n) is 15.2. The number of carbonyl (C=O) groups excluding carboxylic acids is 1. The predicted molar refractivity (Wildman–Crippen MR) is 90.9 cm³/mol. The summed E-state index contributed by atoms with van der Waals surface area (Å²) in [7, 11) is 1.91. The lowest BCUT2D eigenvalue weighted by Gasteiger charge is -2.35. The Morgan fingerprint density at radius 3 is 2.58 bits per heavy atom. The molecular formula is C17H28N4O3. The second-order valence-electron chi connectivity index (χ2n) is 7.11. The second kappa shape index (κ2) is 7.23. The summed E-state index contributed by atoms with van der Waals surface area (Å²) in [4.78, 5) is 25.4. The molecule has 2 rings (SSSR count). The van der Waals surface area contributed by atoms with Crippen molar-refractivity contribution in [2.24, 2.45) is 18.9 Å². The fourth-order valence-electron chi connectivity index (χ4n) is 3.47. The maximum atomic E-state index is 12.5. The predicted octanol–water partition coefficient (Wildman–Crippen LogP) is 1.72. The molecule has 3 atom stereocenters. The summed E-state index contributed by atoms with van der Waals surface area (Å²) in [6.07, 6.45) is 1.34. The Bertz CT molecular complexity index is 626. The van der Waals surface area contributed by atoms with Crippen molar-refractivity contribution >= 4 is 12.0 Å². The van der Waals surface area contributed by atoms with Gasteiger partial charge < -0.3 is 15.3 Å². The first-order valence-corrected chi connectivity index (χ1v) is 8.46. The highest BCUT2D eigenvalue weighted by atomic mass is 16.4. The number of aliphatic carboxylic acids is 1. The number of likely N-dealkylation sites (tertiary alicyclic amines) is 1. The zero-order chi connectivity index (χ0) is 18.0. The van der Waals surface area contributed by atoms with Crippen molar-refractivity contribution in [3.8, 4) is 0 Å². The van der Waals surface area contributed by atoms with E-state index in [0.29, 0.717) is 19.4 Å². The lowest BCUT2D eigenvalue weighted by molar-refractivity contribution is -0.143. The average Bonchev–Trinajstić information content (AvgIpc) is 2.73. The minimum absolute atomic E-state index is 0.0420. The molecule has 2 heterocycles. The van der Waals surface area contributed by atoms with Crippen LogP contribution >= 0.6 is 0 Å². The molecule has 2 amide bonds. The third-order valence-electron chi connectivity index (χ3n) is 4.84. The lowest BCUT2D eigenvalue weighted by atomic mass is 9.91. The number of carboxylic acids is 1. The zero-order valence-corrected chi connectivity index (χ0v) is 15.2. The number of urea groups is 1. The van der Waals surface area contributed by atoms with E-state index in [0.717, 1.165) is 17.0 Å². The van der Waals surface area contributed by atoms with E-state index in [9.17, 15) is 14.7 Å². The third-order valence-corrected chi connectivity index (χ3v) is 4.84. The number of carboxylic acid groups (broad SMARTS) is 1. The van der Waals surface area contributed by atoms with Crippen molar-refractivity contribution in [1.82, 2.24) is 20.0 Å². The van der Waals surface area contributed by atoms with Crippen molar-refractivity contribution in [1.29, 1.82) is 0 Å². The van der Waals surface area contributed by atoms with Crippen LogP contribution in [-0.4, -0.2) is 50.9 Å². The maximum absolute atomic E-state index is 12.5. The number of rotatable bonds is 4. The van der Waals surface area contributed by atoms with Gasteiger partial charge in [0, 0.05) is 31.9 Å². The van der Waals surface area contributed by atoms with Crippen LogP contribution in [0.25, 0.3) is 0 Å². The number of nitrogens with one attached hydrogen (secondary N) is 1. The fraction of sp³-hybridized carbons (Fsp3) is 0.706. The van der Waals surface area contributed by atoms with Crippen LogP contribution in [-0.2, 0) is 18.3 Å². The molecule has 1 aromatic heterocycles.